The van der Waals surface area contributed by atoms with Gasteiger partial charge in [0.1, 0.15) is 11.5 Å². The lowest BCUT2D eigenvalue weighted by atomic mass is 9.94. The number of hydrogen-bond donors (Lipinski definition) is 1. The molecule has 5 heteroatoms. The molecule has 0 spiro atoms. The van der Waals surface area contributed by atoms with E-state index in [0.717, 1.165) is 16.5 Å². The first-order chi connectivity index (χ1) is 12.0. The highest BCUT2D eigenvalue weighted by atomic mass is 19.1. The van der Waals surface area contributed by atoms with Gasteiger partial charge in [-0.05, 0) is 33.2 Å². The number of fused-ring (bicyclic) bond motifs is 1. The van der Waals surface area contributed by atoms with E-state index in [-0.39, 0.29) is 12.4 Å². The third-order valence-electron chi connectivity index (χ3n) is 4.22. The van der Waals surface area contributed by atoms with Crippen LogP contribution in [0, 0.1) is 5.82 Å². The summed E-state index contributed by atoms with van der Waals surface area (Å²) >= 11 is 0. The maximum Gasteiger partial charge on any atom is 0.355 e. The largest absolute Gasteiger partial charge is 0.461 e. The zero-order valence-corrected chi connectivity index (χ0v) is 14.5. The minimum atomic E-state index is -0.433. The fraction of sp³-hybridized carbons (Fsp3) is 0.250. The number of H-pyrrole nitrogens is 1. The van der Waals surface area contributed by atoms with Crippen molar-refractivity contribution in [3.8, 4) is 0 Å². The lowest BCUT2D eigenvalue weighted by Gasteiger charge is -2.26. The van der Waals surface area contributed by atoms with Crippen molar-refractivity contribution in [3.05, 3.63) is 71.2 Å². The Bertz CT molecular complexity index is 902. The van der Waals surface area contributed by atoms with E-state index in [0.29, 0.717) is 11.3 Å². The number of para-hydroxylation sites is 1. The second-order valence-electron chi connectivity index (χ2n) is 6.07. The molecular weight excluding hydrogens is 319 g/mol. The topological polar surface area (TPSA) is 45.3 Å². The lowest BCUT2D eigenvalue weighted by molar-refractivity contribution is 0.0517. The summed E-state index contributed by atoms with van der Waals surface area (Å²) in [4.78, 5) is 17.6. The van der Waals surface area contributed by atoms with Gasteiger partial charge >= 0.3 is 5.97 Å². The summed E-state index contributed by atoms with van der Waals surface area (Å²) in [5.41, 5.74) is 2.43. The molecular formula is C20H21FN2O2. The predicted octanol–water partition coefficient (Wildman–Crippen LogP) is 4.13. The van der Waals surface area contributed by atoms with E-state index in [9.17, 15) is 9.18 Å². The zero-order valence-electron chi connectivity index (χ0n) is 14.5. The van der Waals surface area contributed by atoms with Crippen molar-refractivity contribution in [3.63, 3.8) is 0 Å². The summed E-state index contributed by atoms with van der Waals surface area (Å²) in [5.74, 6) is -0.738. The zero-order chi connectivity index (χ0) is 18.0. The summed E-state index contributed by atoms with van der Waals surface area (Å²) in [6.45, 7) is 2.04. The van der Waals surface area contributed by atoms with E-state index in [1.54, 1.807) is 25.1 Å². The SMILES string of the molecule is CCOC(=O)c1[nH]c2ccccc2c1C(c1ccccc1F)N(C)C. The molecule has 0 aliphatic carbocycles. The van der Waals surface area contributed by atoms with E-state index in [1.165, 1.54) is 6.07 Å². The first-order valence-corrected chi connectivity index (χ1v) is 8.23. The van der Waals surface area contributed by atoms with Crippen molar-refractivity contribution < 1.29 is 13.9 Å². The highest BCUT2D eigenvalue weighted by molar-refractivity contribution is 5.99. The smallest absolute Gasteiger partial charge is 0.355 e. The molecule has 0 radical (unpaired) electrons. The normalized spacial score (nSPS) is 12.5. The van der Waals surface area contributed by atoms with Crippen LogP contribution in [-0.4, -0.2) is 36.6 Å². The summed E-state index contributed by atoms with van der Waals surface area (Å²) in [6.07, 6.45) is 0. The third-order valence-corrected chi connectivity index (χ3v) is 4.22. The van der Waals surface area contributed by atoms with Gasteiger partial charge in [0.25, 0.3) is 0 Å². The molecule has 1 atom stereocenters. The van der Waals surface area contributed by atoms with Crippen molar-refractivity contribution in [2.45, 2.75) is 13.0 Å². The monoisotopic (exact) mass is 340 g/mol. The van der Waals surface area contributed by atoms with E-state index < -0.39 is 12.0 Å². The number of halogens is 1. The van der Waals surface area contributed by atoms with Crippen LogP contribution < -0.4 is 0 Å². The van der Waals surface area contributed by atoms with Crippen LogP contribution in [0.5, 0.6) is 0 Å². The Morgan fingerprint density at radius 3 is 2.52 bits per heavy atom. The van der Waals surface area contributed by atoms with Gasteiger partial charge in [-0.3, -0.25) is 4.90 Å². The van der Waals surface area contributed by atoms with Gasteiger partial charge in [0.15, 0.2) is 0 Å². The van der Waals surface area contributed by atoms with Crippen LogP contribution in [0.2, 0.25) is 0 Å². The average molecular weight is 340 g/mol. The number of ether oxygens (including phenoxy) is 1. The van der Waals surface area contributed by atoms with Crippen LogP contribution >= 0.6 is 0 Å². The molecule has 1 N–H and O–H groups in total. The van der Waals surface area contributed by atoms with Crippen molar-refractivity contribution >= 4 is 16.9 Å². The summed E-state index contributed by atoms with van der Waals surface area (Å²) < 4.78 is 19.7. The number of nitrogens with one attached hydrogen (secondary N) is 1. The van der Waals surface area contributed by atoms with Crippen molar-refractivity contribution in [1.29, 1.82) is 0 Å². The van der Waals surface area contributed by atoms with E-state index in [1.807, 2.05) is 43.3 Å². The molecule has 0 saturated carbocycles. The van der Waals surface area contributed by atoms with E-state index >= 15 is 0 Å². The molecule has 0 aliphatic rings. The third kappa shape index (κ3) is 3.15. The number of rotatable bonds is 5. The highest BCUT2D eigenvalue weighted by Crippen LogP contribution is 2.36. The maximum absolute atomic E-state index is 14.5. The number of esters is 1. The van der Waals surface area contributed by atoms with Crippen LogP contribution in [-0.2, 0) is 4.74 Å². The molecule has 3 aromatic rings. The van der Waals surface area contributed by atoms with Crippen LogP contribution in [0.1, 0.15) is 34.6 Å². The Morgan fingerprint density at radius 1 is 1.16 bits per heavy atom. The molecule has 0 aliphatic heterocycles. The fourth-order valence-corrected chi connectivity index (χ4v) is 3.20. The minimum absolute atomic E-state index is 0.278. The Labute approximate surface area is 146 Å². The van der Waals surface area contributed by atoms with E-state index in [4.69, 9.17) is 4.74 Å². The van der Waals surface area contributed by atoms with Gasteiger partial charge < -0.3 is 9.72 Å². The minimum Gasteiger partial charge on any atom is -0.461 e. The maximum atomic E-state index is 14.5. The van der Waals surface area contributed by atoms with Gasteiger partial charge in [-0.15, -0.1) is 0 Å². The Balaban J connectivity index is 2.28. The quantitative estimate of drug-likeness (QED) is 0.710. The Hall–Kier alpha value is -2.66. The summed E-state index contributed by atoms with van der Waals surface area (Å²) in [5, 5.41) is 0.882. The number of benzene rings is 2. The standard InChI is InChI=1S/C20H21FN2O2/c1-4-25-20(24)18-17(14-10-6-8-12-16(14)22-18)19(23(2)3)13-9-5-7-11-15(13)21/h5-12,19,22H,4H2,1-3H3. The van der Waals surface area contributed by atoms with Gasteiger partial charge in [-0.2, -0.15) is 0 Å². The van der Waals surface area contributed by atoms with Crippen LogP contribution in [0.4, 0.5) is 4.39 Å². The van der Waals surface area contributed by atoms with Gasteiger partial charge in [0.2, 0.25) is 0 Å². The fourth-order valence-electron chi connectivity index (χ4n) is 3.20. The summed E-state index contributed by atoms with van der Waals surface area (Å²) in [6, 6.07) is 13.9. The van der Waals surface area contributed by atoms with Gasteiger partial charge in [-0.1, -0.05) is 36.4 Å². The Morgan fingerprint density at radius 2 is 1.84 bits per heavy atom. The molecule has 1 aromatic heterocycles. The molecule has 2 aromatic carbocycles. The van der Waals surface area contributed by atoms with Crippen LogP contribution in [0.25, 0.3) is 10.9 Å². The van der Waals surface area contributed by atoms with Crippen LogP contribution in [0.3, 0.4) is 0 Å². The highest BCUT2D eigenvalue weighted by Gasteiger charge is 2.29. The Kier molecular flexibility index (Phi) is 4.86. The number of aromatic nitrogens is 1. The molecule has 0 bridgehead atoms. The number of carbonyl (C=O) groups is 1. The number of hydrogen-bond acceptors (Lipinski definition) is 3. The molecule has 3 rings (SSSR count). The van der Waals surface area contributed by atoms with Crippen molar-refractivity contribution in [2.75, 3.05) is 20.7 Å². The van der Waals surface area contributed by atoms with Gasteiger partial charge in [0.05, 0.1) is 12.6 Å². The van der Waals surface area contributed by atoms with Gasteiger partial charge in [0, 0.05) is 22.0 Å². The number of carbonyl (C=O) groups excluding carboxylic acids is 1. The molecule has 4 nitrogen and oxygen atoms in total. The summed E-state index contributed by atoms with van der Waals surface area (Å²) in [7, 11) is 3.74. The molecule has 1 unspecified atom stereocenters. The molecule has 0 fully saturated rings. The first kappa shape index (κ1) is 17.2. The van der Waals surface area contributed by atoms with E-state index in [2.05, 4.69) is 4.98 Å². The molecule has 130 valence electrons. The second-order valence-corrected chi connectivity index (χ2v) is 6.07. The predicted molar refractivity (Wildman–Crippen MR) is 96.2 cm³/mol. The second kappa shape index (κ2) is 7.07. The van der Waals surface area contributed by atoms with Crippen molar-refractivity contribution in [2.24, 2.45) is 0 Å². The molecule has 0 saturated heterocycles. The van der Waals surface area contributed by atoms with Crippen LogP contribution in [0.15, 0.2) is 48.5 Å². The number of aromatic amines is 1. The molecule has 0 amide bonds. The lowest BCUT2D eigenvalue weighted by Crippen LogP contribution is -2.24. The van der Waals surface area contributed by atoms with Crippen molar-refractivity contribution in [1.82, 2.24) is 9.88 Å². The average Bonchev–Trinajstić information content (AvgIpc) is 2.96. The first-order valence-electron chi connectivity index (χ1n) is 8.23. The molecule has 1 heterocycles. The van der Waals surface area contributed by atoms with Gasteiger partial charge in [-0.25, -0.2) is 9.18 Å². The number of nitrogens with zero attached hydrogens (tertiary/aromatic N) is 1. The molecule has 25 heavy (non-hydrogen) atoms.